The number of sulfonamides is 1. The number of aliphatic hydroxyl groups is 1. The summed E-state index contributed by atoms with van der Waals surface area (Å²) in [6, 6.07) is 16.7. The Balaban J connectivity index is 0.863. The maximum atomic E-state index is 14.7. The van der Waals surface area contributed by atoms with Crippen LogP contribution < -0.4 is 24.4 Å². The molecule has 0 radical (unpaired) electrons. The Kier molecular flexibility index (Phi) is 13.2. The zero-order chi connectivity index (χ0) is 50.7. The van der Waals surface area contributed by atoms with Crippen LogP contribution in [0.3, 0.4) is 0 Å². The van der Waals surface area contributed by atoms with Gasteiger partial charge in [-0.1, -0.05) is 45.0 Å². The number of pyridine rings is 1. The van der Waals surface area contributed by atoms with Crippen molar-refractivity contribution in [1.29, 1.82) is 0 Å². The lowest BCUT2D eigenvalue weighted by molar-refractivity contribution is -0.384. The molecule has 4 aliphatic heterocycles. The first-order chi connectivity index (χ1) is 34.4. The van der Waals surface area contributed by atoms with E-state index in [2.05, 4.69) is 73.0 Å². The van der Waals surface area contributed by atoms with Crippen LogP contribution in [-0.4, -0.2) is 119 Å². The van der Waals surface area contributed by atoms with Gasteiger partial charge in [-0.15, -0.1) is 0 Å². The molecule has 72 heavy (non-hydrogen) atoms. The molecule has 20 heteroatoms. The Morgan fingerprint density at radius 2 is 1.79 bits per heavy atom. The van der Waals surface area contributed by atoms with Crippen molar-refractivity contribution in [1.82, 2.24) is 29.6 Å². The number of carbonyl (C=O) groups is 2. The summed E-state index contributed by atoms with van der Waals surface area (Å²) < 4.78 is 57.1. The van der Waals surface area contributed by atoms with Gasteiger partial charge in [0.05, 0.1) is 44.7 Å². The van der Waals surface area contributed by atoms with Crippen LogP contribution in [0.4, 0.5) is 21.5 Å². The number of hydrazine groups is 1. The van der Waals surface area contributed by atoms with Crippen LogP contribution in [0.1, 0.15) is 106 Å². The monoisotopic (exact) mass is 1010 g/mol. The first-order valence-corrected chi connectivity index (χ1v) is 26.5. The summed E-state index contributed by atoms with van der Waals surface area (Å²) in [7, 11) is -4.74. The van der Waals surface area contributed by atoms with Gasteiger partial charge in [-0.3, -0.25) is 19.7 Å². The Bertz CT molecular complexity index is 3010. The summed E-state index contributed by atoms with van der Waals surface area (Å²) in [5.41, 5.74) is 2.23. The number of benzene rings is 3. The van der Waals surface area contributed by atoms with Crippen molar-refractivity contribution in [2.75, 3.05) is 62.6 Å². The maximum absolute atomic E-state index is 14.7. The van der Waals surface area contributed by atoms with E-state index in [1.54, 1.807) is 19.1 Å². The Morgan fingerprint density at radius 3 is 2.51 bits per heavy atom. The molecule has 4 N–H and O–H groups in total. The first-order valence-electron chi connectivity index (χ1n) is 25.0. The summed E-state index contributed by atoms with van der Waals surface area (Å²) in [6.45, 7) is 13.5. The molecule has 3 aromatic carbocycles. The number of H-pyrrole nitrogens is 1. The maximum Gasteiger partial charge on any atom is 0.297 e. The molecule has 10 rings (SSSR count). The minimum atomic E-state index is -4.74. The van der Waals surface area contributed by atoms with E-state index in [4.69, 9.17) is 9.47 Å². The van der Waals surface area contributed by atoms with Gasteiger partial charge in [-0.25, -0.2) is 32.5 Å². The standard InChI is InChI=1S/C52H62FN9O9S/c1-5-47(63)59-20-21-61(44(28-59)38-9-7-6-8-37(38)32(2)3)60-30-52(31-60)16-18-58(19-17-52)34-10-11-39(45(22-34)71-35-23-40-41(53)27-55-49(40)54-26-35)50(64)57-72(68,69)36-24-43(62(66)67)48-46(25-36)70-29-42(56-48)33-12-14-51(4,65)15-13-33/h6-11,22-27,32-33,42,44,56,65H,5,12-21,28-31H2,1-4H3,(H,54,55)(H,57,64)/t33-,42-,44+,51-/m1/s1. The Morgan fingerprint density at radius 1 is 1.04 bits per heavy atom. The number of hydrogen-bond acceptors (Lipinski definition) is 14. The van der Waals surface area contributed by atoms with E-state index in [0.29, 0.717) is 64.2 Å². The van der Waals surface area contributed by atoms with Crippen LogP contribution in [-0.2, 0) is 14.8 Å². The second kappa shape index (κ2) is 19.2. The van der Waals surface area contributed by atoms with Crippen LogP contribution in [0.15, 0.2) is 78.0 Å². The third-order valence-electron chi connectivity index (χ3n) is 15.7. The van der Waals surface area contributed by atoms with Gasteiger partial charge >= 0.3 is 0 Å². The number of nitrogens with zero attached hydrogens (tertiary/aromatic N) is 6. The van der Waals surface area contributed by atoms with Crippen LogP contribution in [0.5, 0.6) is 17.2 Å². The second-order valence-corrected chi connectivity index (χ2v) is 22.5. The highest BCUT2D eigenvalue weighted by atomic mass is 32.2. The van der Waals surface area contributed by atoms with E-state index >= 15 is 0 Å². The van der Waals surface area contributed by atoms with E-state index in [9.17, 15) is 37.6 Å². The van der Waals surface area contributed by atoms with Gasteiger partial charge in [0, 0.05) is 87.7 Å². The number of piperazine rings is 1. The second-order valence-electron chi connectivity index (χ2n) is 20.9. The smallest absolute Gasteiger partial charge is 0.297 e. The fraction of sp³-hybridized carbons (Fsp3) is 0.481. The van der Waals surface area contributed by atoms with E-state index in [1.165, 1.54) is 35.7 Å². The van der Waals surface area contributed by atoms with Crippen LogP contribution in [0.25, 0.3) is 11.0 Å². The minimum Gasteiger partial charge on any atom is -0.489 e. The molecule has 2 atom stereocenters. The van der Waals surface area contributed by atoms with Crippen LogP contribution in [0, 0.1) is 27.3 Å². The fourth-order valence-electron chi connectivity index (χ4n) is 11.4. The van der Waals surface area contributed by atoms with Crippen molar-refractivity contribution in [2.24, 2.45) is 11.3 Å². The molecule has 1 saturated carbocycles. The highest BCUT2D eigenvalue weighted by Gasteiger charge is 2.49. The molecule has 0 bridgehead atoms. The lowest BCUT2D eigenvalue weighted by Gasteiger charge is -2.60. The molecule has 18 nitrogen and oxygen atoms in total. The molecule has 4 fully saturated rings. The molecular formula is C52H62FN9O9S. The minimum absolute atomic E-state index is 0.0139. The molecule has 2 amide bonds. The van der Waals surface area contributed by atoms with Crippen LogP contribution in [0.2, 0.25) is 0 Å². The van der Waals surface area contributed by atoms with Gasteiger partial charge in [0.25, 0.3) is 21.6 Å². The number of halogens is 1. The van der Waals surface area contributed by atoms with Gasteiger partial charge in [-0.05, 0) is 86.6 Å². The number of anilines is 2. The zero-order valence-electron chi connectivity index (χ0n) is 41.0. The van der Waals surface area contributed by atoms with Crippen molar-refractivity contribution >= 4 is 49.9 Å². The summed E-state index contributed by atoms with van der Waals surface area (Å²) in [5, 5.41) is 31.2. The summed E-state index contributed by atoms with van der Waals surface area (Å²) >= 11 is 0. The third-order valence-corrected chi connectivity index (χ3v) is 17.0. The van der Waals surface area contributed by atoms with E-state index < -0.39 is 42.9 Å². The number of carbonyl (C=O) groups excluding carboxylic acids is 2. The summed E-state index contributed by atoms with van der Waals surface area (Å²) in [6.07, 6.45) is 7.33. The molecule has 5 aliphatic rings. The van der Waals surface area contributed by atoms with Crippen molar-refractivity contribution < 1.29 is 41.9 Å². The lowest BCUT2D eigenvalue weighted by Crippen LogP contribution is -2.68. The average molecular weight is 1010 g/mol. The van der Waals surface area contributed by atoms with Gasteiger partial charge in [-0.2, -0.15) is 0 Å². The molecule has 0 unspecified atom stereocenters. The molecule has 5 aromatic rings. The largest absolute Gasteiger partial charge is 0.489 e. The normalized spacial score (nSPS) is 23.5. The lowest BCUT2D eigenvalue weighted by atomic mass is 9.72. The van der Waals surface area contributed by atoms with E-state index in [0.717, 1.165) is 50.3 Å². The van der Waals surface area contributed by atoms with Crippen molar-refractivity contribution in [3.05, 3.63) is 106 Å². The topological polar surface area (TPSA) is 216 Å². The fourth-order valence-corrected chi connectivity index (χ4v) is 12.4. The number of ether oxygens (including phenoxy) is 2. The molecule has 382 valence electrons. The number of nitrogens with one attached hydrogen (secondary N) is 3. The molecule has 6 heterocycles. The highest BCUT2D eigenvalue weighted by molar-refractivity contribution is 7.90. The average Bonchev–Trinajstić information content (AvgIpc) is 3.73. The molecule has 3 saturated heterocycles. The quantitative estimate of drug-likeness (QED) is 0.0692. The number of piperidine rings is 1. The van der Waals surface area contributed by atoms with Crippen molar-refractivity contribution in [2.45, 2.75) is 101 Å². The number of hydrogen-bond donors (Lipinski definition) is 4. The predicted octanol–water partition coefficient (Wildman–Crippen LogP) is 7.87. The number of rotatable bonds is 12. The SMILES string of the molecule is CCC(=O)N1CCN(N2CC3(CCN(c4ccc(C(=O)NS(=O)(=O)c5cc6c(c([N+](=O)[O-])c5)N[C@@H]([C@H]5CC[C@](C)(O)CC5)CO6)c(Oc5cnc6[nH]cc(F)c6c5)c4)CC3)C2)[C@H](c2ccccc2C(C)C)C1. The Labute approximate surface area is 418 Å². The summed E-state index contributed by atoms with van der Waals surface area (Å²) in [4.78, 5) is 49.5. The molecular weight excluding hydrogens is 946 g/mol. The molecule has 1 spiro atoms. The van der Waals surface area contributed by atoms with Gasteiger partial charge < -0.3 is 34.7 Å². The number of nitro groups is 1. The van der Waals surface area contributed by atoms with E-state index in [1.807, 2.05) is 11.8 Å². The first kappa shape index (κ1) is 49.2. The van der Waals surface area contributed by atoms with Gasteiger partial charge in [0.1, 0.15) is 29.6 Å². The molecule has 2 aromatic heterocycles. The van der Waals surface area contributed by atoms with E-state index in [-0.39, 0.29) is 75.5 Å². The highest BCUT2D eigenvalue weighted by Crippen LogP contribution is 2.47. The number of amides is 2. The Hall–Kier alpha value is -6.35. The third kappa shape index (κ3) is 9.68. The zero-order valence-corrected chi connectivity index (χ0v) is 41.8. The summed E-state index contributed by atoms with van der Waals surface area (Å²) in [5.74, 6) is -0.994. The van der Waals surface area contributed by atoms with Crippen molar-refractivity contribution in [3.63, 3.8) is 0 Å². The van der Waals surface area contributed by atoms with Gasteiger partial charge in [0.15, 0.2) is 11.4 Å². The van der Waals surface area contributed by atoms with Crippen molar-refractivity contribution in [3.8, 4) is 17.2 Å². The number of fused-ring (bicyclic) bond motifs is 2. The molecule has 1 aliphatic carbocycles. The van der Waals surface area contributed by atoms with Crippen LogP contribution >= 0.6 is 0 Å². The number of aromatic nitrogens is 2. The number of aromatic amines is 1. The predicted molar refractivity (Wildman–Crippen MR) is 268 cm³/mol. The van der Waals surface area contributed by atoms with Gasteiger partial charge in [0.2, 0.25) is 5.91 Å². The number of nitro benzene ring substituents is 1.